The average Bonchev–Trinajstić information content (AvgIpc) is 3.16. The molecule has 1 fully saturated rings. The van der Waals surface area contributed by atoms with Crippen LogP contribution in [0.25, 0.3) is 0 Å². The summed E-state index contributed by atoms with van der Waals surface area (Å²) in [6.45, 7) is 1.43. The summed E-state index contributed by atoms with van der Waals surface area (Å²) in [5.41, 5.74) is 1.32. The van der Waals surface area contributed by atoms with E-state index >= 15 is 0 Å². The first kappa shape index (κ1) is 28.8. The number of phosphoric ester groups is 1. The zero-order chi connectivity index (χ0) is 26.2. The van der Waals surface area contributed by atoms with Gasteiger partial charge in [-0.05, 0) is 25.0 Å². The summed E-state index contributed by atoms with van der Waals surface area (Å²) in [6.07, 6.45) is -9.46. The van der Waals surface area contributed by atoms with E-state index in [1.54, 1.807) is 60.7 Å². The van der Waals surface area contributed by atoms with Gasteiger partial charge in [-0.15, -0.1) is 0 Å². The summed E-state index contributed by atoms with van der Waals surface area (Å²) < 4.78 is 75.5. The number of phosphoric acid groups is 1. The summed E-state index contributed by atoms with van der Waals surface area (Å²) in [5, 5.41) is 20.0. The van der Waals surface area contributed by atoms with Gasteiger partial charge in [-0.25, -0.2) is 9.09 Å². The summed E-state index contributed by atoms with van der Waals surface area (Å²) >= 11 is 0. The Morgan fingerprint density at radius 2 is 1.44 bits per heavy atom. The third kappa shape index (κ3) is 6.74. The monoisotopic (exact) mass is 532 g/mol. The first-order valence-corrected chi connectivity index (χ1v) is 12.9. The topological polar surface area (TPSA) is 113 Å². The second-order valence-electron chi connectivity index (χ2n) is 7.90. The Bertz CT molecular complexity index is 967. The van der Waals surface area contributed by atoms with Crippen LogP contribution in [0.15, 0.2) is 60.7 Å². The van der Waals surface area contributed by atoms with Gasteiger partial charge in [0.2, 0.25) is 0 Å². The number of aliphatic hydroxyl groups is 2. The predicted molar refractivity (Wildman–Crippen MR) is 124 cm³/mol. The summed E-state index contributed by atoms with van der Waals surface area (Å²) in [4.78, 5) is 0. The zero-order valence-electron chi connectivity index (χ0n) is 20.0. The van der Waals surface area contributed by atoms with Gasteiger partial charge in [-0.3, -0.25) is 9.05 Å². The Morgan fingerprint density at radius 1 is 0.944 bits per heavy atom. The Morgan fingerprint density at radius 3 is 1.89 bits per heavy atom. The lowest BCUT2D eigenvalue weighted by Gasteiger charge is -2.38. The quantitative estimate of drug-likeness (QED) is 0.348. The lowest BCUT2D eigenvalue weighted by molar-refractivity contribution is -0.401. The van der Waals surface area contributed by atoms with E-state index in [1.165, 1.54) is 13.8 Å². The molecular weight excluding hydrogens is 501 g/mol. The van der Waals surface area contributed by atoms with E-state index in [1.807, 2.05) is 0 Å². The van der Waals surface area contributed by atoms with Crippen molar-refractivity contribution in [2.45, 2.75) is 57.3 Å². The van der Waals surface area contributed by atoms with Crippen LogP contribution in [0.5, 0.6) is 0 Å². The minimum absolute atomic E-state index is 0.0573. The molecule has 3 rings (SSSR count). The number of benzene rings is 2. The van der Waals surface area contributed by atoms with Crippen molar-refractivity contribution in [2.75, 3.05) is 19.8 Å². The largest absolute Gasteiger partial charge is 0.477 e. The molecule has 1 saturated heterocycles. The summed E-state index contributed by atoms with van der Waals surface area (Å²) in [5.74, 6) is -3.39. The van der Waals surface area contributed by atoms with E-state index in [2.05, 4.69) is 0 Å². The molecule has 0 unspecified atom stereocenters. The molecule has 1 aliphatic rings. The highest BCUT2D eigenvalue weighted by Crippen LogP contribution is 2.59. The molecule has 0 aliphatic carbocycles. The number of rotatable bonds is 14. The van der Waals surface area contributed by atoms with Gasteiger partial charge in [0, 0.05) is 0 Å². The molecule has 1 heterocycles. The highest BCUT2D eigenvalue weighted by molar-refractivity contribution is 7.48. The number of aliphatic hydroxyl groups excluding tert-OH is 1. The van der Waals surface area contributed by atoms with Gasteiger partial charge in [-0.2, -0.15) is 8.78 Å². The minimum atomic E-state index is -4.78. The van der Waals surface area contributed by atoms with Crippen LogP contribution in [-0.2, 0) is 45.6 Å². The third-order valence-corrected chi connectivity index (χ3v) is 6.99. The van der Waals surface area contributed by atoms with E-state index in [9.17, 15) is 23.6 Å². The normalized spacial score (nSPS) is 24.8. The number of halogens is 2. The summed E-state index contributed by atoms with van der Waals surface area (Å²) in [7, 11) is -4.69. The Labute approximate surface area is 208 Å². The van der Waals surface area contributed by atoms with Gasteiger partial charge < -0.3 is 24.4 Å². The van der Waals surface area contributed by atoms with Crippen molar-refractivity contribution in [3.8, 4) is 0 Å². The van der Waals surface area contributed by atoms with Crippen molar-refractivity contribution >= 4 is 7.82 Å². The average molecular weight is 532 g/mol. The molecule has 9 nitrogen and oxygen atoms in total. The van der Waals surface area contributed by atoms with Crippen molar-refractivity contribution in [1.82, 2.24) is 0 Å². The fourth-order valence-corrected chi connectivity index (χ4v) is 5.18. The van der Waals surface area contributed by atoms with Crippen molar-refractivity contribution in [3.05, 3.63) is 71.8 Å². The van der Waals surface area contributed by atoms with E-state index in [0.29, 0.717) is 11.1 Å². The molecule has 0 amide bonds. The lowest BCUT2D eigenvalue weighted by atomic mass is 10.0. The van der Waals surface area contributed by atoms with Gasteiger partial charge in [0.15, 0.2) is 6.10 Å². The van der Waals surface area contributed by atoms with Crippen LogP contribution in [0.2, 0.25) is 0 Å². The molecule has 2 aromatic carbocycles. The van der Waals surface area contributed by atoms with Gasteiger partial charge in [0.1, 0.15) is 12.2 Å². The number of ether oxygens (including phenoxy) is 3. The maximum Gasteiger partial charge on any atom is 0.477 e. The number of hydrogen-bond donors (Lipinski definition) is 2. The first-order valence-electron chi connectivity index (χ1n) is 11.5. The van der Waals surface area contributed by atoms with Gasteiger partial charge >= 0.3 is 19.7 Å². The van der Waals surface area contributed by atoms with Crippen molar-refractivity contribution in [1.29, 1.82) is 0 Å². The molecular formula is C24H31F2O9P. The Kier molecular flexibility index (Phi) is 10.1. The van der Waals surface area contributed by atoms with E-state index < -0.39 is 44.6 Å². The van der Waals surface area contributed by atoms with Crippen LogP contribution in [0.3, 0.4) is 0 Å². The van der Waals surface area contributed by atoms with Crippen molar-refractivity contribution < 1.29 is 51.3 Å². The molecule has 0 radical (unpaired) electrons. The summed E-state index contributed by atoms with van der Waals surface area (Å²) in [6, 6.07) is 17.5. The molecule has 0 aromatic heterocycles. The second kappa shape index (κ2) is 12.6. The van der Waals surface area contributed by atoms with Crippen LogP contribution in [-0.4, -0.2) is 60.2 Å². The van der Waals surface area contributed by atoms with E-state index in [0.717, 1.165) is 0 Å². The molecule has 0 bridgehead atoms. The highest BCUT2D eigenvalue weighted by Gasteiger charge is 2.73. The molecule has 0 spiro atoms. The maximum absolute atomic E-state index is 15.0. The van der Waals surface area contributed by atoms with Crippen molar-refractivity contribution in [3.63, 3.8) is 0 Å². The fourth-order valence-electron chi connectivity index (χ4n) is 3.78. The SMILES string of the molecule is CCOP(=O)(OCC)O[C@@]1(C(O)(F)F)O[C@H](CO)[C@@H](OCc2ccccc2)[C@@H]1OCc1ccccc1. The maximum atomic E-state index is 15.0. The third-order valence-electron chi connectivity index (χ3n) is 5.34. The Hall–Kier alpha value is -1.79. The molecule has 0 saturated carbocycles. The molecule has 12 heteroatoms. The second-order valence-corrected chi connectivity index (χ2v) is 9.49. The van der Waals surface area contributed by atoms with Crippen LogP contribution in [0.4, 0.5) is 8.78 Å². The van der Waals surface area contributed by atoms with Gasteiger partial charge in [-0.1, -0.05) is 60.7 Å². The smallest absolute Gasteiger partial charge is 0.394 e. The fraction of sp³-hybridized carbons (Fsp3) is 0.500. The highest BCUT2D eigenvalue weighted by atomic mass is 31.2. The van der Waals surface area contributed by atoms with Gasteiger partial charge in [0.25, 0.3) is 0 Å². The standard InChI is InChI=1S/C24H31F2O9P/c1-3-32-36(29,33-4-2)35-23(24(25,26)28)22(31-17-19-13-9-6-10-14-19)21(20(15-27)34-23)30-16-18-11-7-5-8-12-18/h5-14,20-22,27-28H,3-4,15-17H2,1-2H3/t20-,21-,22+,23+/m1/s1. The molecule has 200 valence electrons. The molecule has 1 aliphatic heterocycles. The van der Waals surface area contributed by atoms with E-state index in [-0.39, 0.29) is 26.4 Å². The van der Waals surface area contributed by atoms with E-state index in [4.69, 9.17) is 27.8 Å². The van der Waals surface area contributed by atoms with Crippen LogP contribution in [0, 0.1) is 0 Å². The lowest BCUT2D eigenvalue weighted by Crippen LogP contribution is -2.59. The molecule has 36 heavy (non-hydrogen) atoms. The van der Waals surface area contributed by atoms with Crippen LogP contribution < -0.4 is 0 Å². The minimum Gasteiger partial charge on any atom is -0.394 e. The molecule has 2 aromatic rings. The van der Waals surface area contributed by atoms with Gasteiger partial charge in [0.05, 0.1) is 33.0 Å². The molecule has 2 N–H and O–H groups in total. The first-order chi connectivity index (χ1) is 17.2. The van der Waals surface area contributed by atoms with Crippen LogP contribution >= 0.6 is 7.82 Å². The number of alkyl halides is 2. The zero-order valence-corrected chi connectivity index (χ0v) is 20.9. The number of hydrogen-bond acceptors (Lipinski definition) is 9. The van der Waals surface area contributed by atoms with Crippen molar-refractivity contribution in [2.24, 2.45) is 0 Å². The van der Waals surface area contributed by atoms with Crippen LogP contribution in [0.1, 0.15) is 25.0 Å². The predicted octanol–water partition coefficient (Wildman–Crippen LogP) is 4.03. The molecule has 4 atom stereocenters. The Balaban J connectivity index is 2.01.